The van der Waals surface area contributed by atoms with E-state index in [1.807, 2.05) is 6.92 Å². The van der Waals surface area contributed by atoms with Gasteiger partial charge in [0.2, 0.25) is 0 Å². The first kappa shape index (κ1) is 16.2. The zero-order valence-corrected chi connectivity index (χ0v) is 13.0. The van der Waals surface area contributed by atoms with E-state index in [1.165, 1.54) is 6.08 Å². The summed E-state index contributed by atoms with van der Waals surface area (Å²) in [4.78, 5) is 13.7. The highest BCUT2D eigenvalue weighted by Gasteiger charge is 2.56. The lowest BCUT2D eigenvalue weighted by molar-refractivity contribution is -0.137. The van der Waals surface area contributed by atoms with Crippen LogP contribution in [0.5, 0.6) is 0 Å². The van der Waals surface area contributed by atoms with Crippen LogP contribution in [0.4, 0.5) is 13.2 Å². The van der Waals surface area contributed by atoms with E-state index in [0.717, 1.165) is 30.8 Å². The number of ketones is 1. The van der Waals surface area contributed by atoms with E-state index >= 15 is 0 Å². The van der Waals surface area contributed by atoms with Gasteiger partial charge in [0.05, 0.1) is 5.56 Å². The van der Waals surface area contributed by atoms with Crippen LogP contribution in [0, 0.1) is 17.8 Å². The molecule has 0 N–H and O–H groups in total. The van der Waals surface area contributed by atoms with E-state index in [4.69, 9.17) is 0 Å². The maximum absolute atomic E-state index is 12.6. The highest BCUT2D eigenvalue weighted by Crippen LogP contribution is 2.55. The number of rotatable bonds is 5. The van der Waals surface area contributed by atoms with Gasteiger partial charge in [-0.25, -0.2) is 0 Å². The summed E-state index contributed by atoms with van der Waals surface area (Å²) < 4.78 is 37.8. The van der Waals surface area contributed by atoms with Crippen LogP contribution in [0.25, 0.3) is 0 Å². The summed E-state index contributed by atoms with van der Waals surface area (Å²) in [5.74, 6) is 1.68. The number of hydrogen-bond donors (Lipinski definition) is 0. The van der Waals surface area contributed by atoms with Crippen LogP contribution in [0.15, 0.2) is 36.9 Å². The second kappa shape index (κ2) is 5.78. The quantitative estimate of drug-likeness (QED) is 0.761. The van der Waals surface area contributed by atoms with Crippen molar-refractivity contribution in [2.24, 2.45) is 17.8 Å². The van der Waals surface area contributed by atoms with E-state index in [0.29, 0.717) is 24.2 Å². The number of carbonyl (C=O) groups excluding carboxylic acids is 1. The zero-order valence-electron chi connectivity index (χ0n) is 13.0. The first-order chi connectivity index (χ1) is 10.8. The van der Waals surface area contributed by atoms with Gasteiger partial charge in [-0.2, -0.15) is 13.2 Å². The Kier molecular flexibility index (Phi) is 4.08. The third-order valence-corrected chi connectivity index (χ3v) is 5.33. The number of hydrogen-bond acceptors (Lipinski definition) is 2. The number of piperidine rings is 1. The van der Waals surface area contributed by atoms with Gasteiger partial charge in [-0.1, -0.05) is 18.7 Å². The lowest BCUT2D eigenvalue weighted by atomic mass is 10.0. The van der Waals surface area contributed by atoms with Gasteiger partial charge in [-0.05, 0) is 48.4 Å². The predicted octanol–water partition coefficient (Wildman–Crippen LogP) is 4.09. The smallest absolute Gasteiger partial charge is 0.296 e. The number of alkyl halides is 3. The summed E-state index contributed by atoms with van der Waals surface area (Å²) in [6, 6.07) is 5.52. The molecule has 0 aromatic heterocycles. The molecule has 2 aliphatic rings. The molecule has 2 fully saturated rings. The first-order valence-electron chi connectivity index (χ1n) is 7.87. The Bertz CT molecular complexity index is 596. The number of fused-ring (bicyclic) bond motifs is 1. The summed E-state index contributed by atoms with van der Waals surface area (Å²) in [5.41, 5.74) is 0.290. The Hall–Kier alpha value is -1.62. The fourth-order valence-electron chi connectivity index (χ4n) is 3.78. The Balaban J connectivity index is 1.58. The minimum Gasteiger partial charge on any atom is -0.296 e. The van der Waals surface area contributed by atoms with E-state index < -0.39 is 11.7 Å². The van der Waals surface area contributed by atoms with Gasteiger partial charge in [0.15, 0.2) is 5.78 Å². The van der Waals surface area contributed by atoms with Crippen molar-refractivity contribution in [2.45, 2.75) is 25.6 Å². The minimum absolute atomic E-state index is 0.0980. The molecule has 0 bridgehead atoms. The molecule has 124 valence electrons. The third kappa shape index (κ3) is 3.20. The van der Waals surface area contributed by atoms with Crippen LogP contribution < -0.4 is 0 Å². The van der Waals surface area contributed by atoms with E-state index in [1.54, 1.807) is 12.1 Å². The van der Waals surface area contributed by atoms with E-state index in [2.05, 4.69) is 11.5 Å². The maximum Gasteiger partial charge on any atom is 0.416 e. The highest BCUT2D eigenvalue weighted by atomic mass is 19.4. The molecule has 23 heavy (non-hydrogen) atoms. The predicted molar refractivity (Wildman–Crippen MR) is 81.7 cm³/mol. The van der Waals surface area contributed by atoms with Gasteiger partial charge in [-0.3, -0.25) is 9.69 Å². The second-order valence-electron chi connectivity index (χ2n) is 6.62. The van der Waals surface area contributed by atoms with Crippen molar-refractivity contribution in [3.05, 3.63) is 48.0 Å². The fraction of sp³-hybridized carbons (Fsp3) is 0.500. The largest absolute Gasteiger partial charge is 0.416 e. The van der Waals surface area contributed by atoms with Crippen LogP contribution in [-0.2, 0) is 11.0 Å². The number of carbonyl (C=O) groups is 1. The SMILES string of the molecule is C=CC(=O)CC1[C@H]2CN(C(C)c3ccc(C(F)(F)F)cc3)C[C@@H]12. The molecule has 1 saturated heterocycles. The summed E-state index contributed by atoms with van der Waals surface area (Å²) >= 11 is 0. The average molecular weight is 323 g/mol. The summed E-state index contributed by atoms with van der Waals surface area (Å²) in [7, 11) is 0. The van der Waals surface area contributed by atoms with Crippen molar-refractivity contribution >= 4 is 5.78 Å². The lowest BCUT2D eigenvalue weighted by Gasteiger charge is -2.27. The Labute approximate surface area is 134 Å². The molecule has 1 aromatic carbocycles. The lowest BCUT2D eigenvalue weighted by Crippen LogP contribution is -2.28. The molecule has 1 aromatic rings. The molecule has 1 saturated carbocycles. The summed E-state index contributed by atoms with van der Waals surface area (Å²) in [5, 5.41) is 0. The molecule has 2 nitrogen and oxygen atoms in total. The van der Waals surface area contributed by atoms with E-state index in [9.17, 15) is 18.0 Å². The van der Waals surface area contributed by atoms with Crippen molar-refractivity contribution in [3.63, 3.8) is 0 Å². The van der Waals surface area contributed by atoms with Crippen LogP contribution in [0.3, 0.4) is 0 Å². The molecule has 0 amide bonds. The van der Waals surface area contributed by atoms with Gasteiger partial charge >= 0.3 is 6.18 Å². The third-order valence-electron chi connectivity index (χ3n) is 5.33. The Morgan fingerprint density at radius 2 is 1.87 bits per heavy atom. The average Bonchev–Trinajstić information content (AvgIpc) is 2.96. The zero-order chi connectivity index (χ0) is 16.8. The van der Waals surface area contributed by atoms with E-state index in [-0.39, 0.29) is 11.8 Å². The molecular formula is C18H20F3NO. The standard InChI is InChI=1S/C18H20F3NO/c1-3-14(23)8-15-16-9-22(10-17(15)16)11(2)12-4-6-13(7-5-12)18(19,20)21/h3-7,11,15-17H,1,8-10H2,2H3/t11?,15?,16-,17+. The maximum atomic E-state index is 12.6. The van der Waals surface area contributed by atoms with Gasteiger partial charge in [0.25, 0.3) is 0 Å². The molecule has 3 rings (SSSR count). The van der Waals surface area contributed by atoms with Gasteiger partial charge in [-0.15, -0.1) is 0 Å². The fourth-order valence-corrected chi connectivity index (χ4v) is 3.78. The molecule has 0 radical (unpaired) electrons. The Morgan fingerprint density at radius 3 is 2.35 bits per heavy atom. The summed E-state index contributed by atoms with van der Waals surface area (Å²) in [6.45, 7) is 7.36. The topological polar surface area (TPSA) is 20.3 Å². The number of nitrogens with zero attached hydrogens (tertiary/aromatic N) is 1. The second-order valence-corrected chi connectivity index (χ2v) is 6.62. The van der Waals surface area contributed by atoms with Crippen LogP contribution in [-0.4, -0.2) is 23.8 Å². The minimum atomic E-state index is -4.29. The van der Waals surface area contributed by atoms with Gasteiger partial charge in [0.1, 0.15) is 0 Å². The van der Waals surface area contributed by atoms with Crippen LogP contribution in [0.1, 0.15) is 30.5 Å². The molecule has 1 aliphatic carbocycles. The van der Waals surface area contributed by atoms with Gasteiger partial charge in [0, 0.05) is 25.6 Å². The molecule has 1 aliphatic heterocycles. The molecule has 2 unspecified atom stereocenters. The monoisotopic (exact) mass is 323 g/mol. The van der Waals surface area contributed by atoms with Crippen molar-refractivity contribution in [3.8, 4) is 0 Å². The van der Waals surface area contributed by atoms with Crippen molar-refractivity contribution in [2.75, 3.05) is 13.1 Å². The number of benzene rings is 1. The molecular weight excluding hydrogens is 303 g/mol. The molecule has 4 atom stereocenters. The molecule has 1 heterocycles. The van der Waals surface area contributed by atoms with Crippen LogP contribution >= 0.6 is 0 Å². The Morgan fingerprint density at radius 1 is 1.30 bits per heavy atom. The van der Waals surface area contributed by atoms with Crippen molar-refractivity contribution in [1.29, 1.82) is 0 Å². The van der Waals surface area contributed by atoms with Crippen LogP contribution in [0.2, 0.25) is 0 Å². The highest BCUT2D eigenvalue weighted by molar-refractivity contribution is 5.89. The van der Waals surface area contributed by atoms with Crippen molar-refractivity contribution < 1.29 is 18.0 Å². The molecule has 5 heteroatoms. The van der Waals surface area contributed by atoms with Gasteiger partial charge < -0.3 is 0 Å². The normalized spacial score (nSPS) is 28.3. The number of likely N-dealkylation sites (tertiary alicyclic amines) is 1. The first-order valence-corrected chi connectivity index (χ1v) is 7.87. The molecule has 0 spiro atoms. The number of allylic oxidation sites excluding steroid dienone is 1. The summed E-state index contributed by atoms with van der Waals surface area (Å²) in [6.07, 6.45) is -2.32. The van der Waals surface area contributed by atoms with Crippen molar-refractivity contribution in [1.82, 2.24) is 4.90 Å². The number of halogens is 3.